The van der Waals surface area contributed by atoms with E-state index < -0.39 is 0 Å². The molecule has 0 aliphatic carbocycles. The van der Waals surface area contributed by atoms with E-state index in [2.05, 4.69) is 31.9 Å². The van der Waals surface area contributed by atoms with E-state index in [0.717, 1.165) is 23.5 Å². The first-order valence-corrected chi connectivity index (χ1v) is 9.50. The van der Waals surface area contributed by atoms with Gasteiger partial charge in [-0.15, -0.1) is 0 Å². The van der Waals surface area contributed by atoms with Crippen LogP contribution < -0.4 is 4.74 Å². The summed E-state index contributed by atoms with van der Waals surface area (Å²) in [5.74, 6) is 1.23. The number of hydrogen-bond donors (Lipinski definition) is 0. The van der Waals surface area contributed by atoms with Crippen molar-refractivity contribution in [3.63, 3.8) is 0 Å². The van der Waals surface area contributed by atoms with Crippen LogP contribution in [0.1, 0.15) is 11.1 Å². The molecule has 0 N–H and O–H groups in total. The maximum atomic E-state index is 6.26. The van der Waals surface area contributed by atoms with Crippen molar-refractivity contribution in [2.75, 3.05) is 10.7 Å². The zero-order valence-electron chi connectivity index (χ0n) is 11.2. The fourth-order valence-corrected chi connectivity index (χ4v) is 3.30. The Morgan fingerprint density at radius 1 is 0.762 bits per heavy atom. The third-order valence-electron chi connectivity index (χ3n) is 2.98. The lowest BCUT2D eigenvalue weighted by Crippen LogP contribution is -1.91. The van der Waals surface area contributed by atoms with Gasteiger partial charge in [-0.1, -0.05) is 67.2 Å². The van der Waals surface area contributed by atoms with Gasteiger partial charge in [-0.05, 0) is 48.2 Å². The summed E-state index contributed by atoms with van der Waals surface area (Å²) in [4.78, 5) is 0. The van der Waals surface area contributed by atoms with Crippen LogP contribution in [-0.4, -0.2) is 10.7 Å². The Bertz CT molecular complexity index is 564. The summed E-state index contributed by atoms with van der Waals surface area (Å²) in [5.41, 5.74) is 2.34. The lowest BCUT2D eigenvalue weighted by Gasteiger charge is -2.11. The third kappa shape index (κ3) is 4.88. The van der Waals surface area contributed by atoms with E-state index in [-0.39, 0.29) is 0 Å². The molecule has 0 unspecified atom stereocenters. The summed E-state index contributed by atoms with van der Waals surface area (Å²) in [5, 5.41) is 3.00. The molecule has 0 radical (unpaired) electrons. The van der Waals surface area contributed by atoms with E-state index in [1.807, 2.05) is 36.4 Å². The number of rotatable bonds is 6. The largest absolute Gasteiger partial charge is 0.454 e. The second-order valence-electron chi connectivity index (χ2n) is 4.51. The minimum absolute atomic E-state index is 0.592. The lowest BCUT2D eigenvalue weighted by molar-refractivity contribution is 0.483. The van der Waals surface area contributed by atoms with Crippen LogP contribution in [-0.2, 0) is 12.8 Å². The number of ether oxygens (including phenoxy) is 1. The minimum atomic E-state index is 0.592. The average molecular weight is 453 g/mol. The summed E-state index contributed by atoms with van der Waals surface area (Å²) in [6, 6.07) is 11.6. The molecule has 0 aliphatic rings. The molecule has 0 atom stereocenters. The van der Waals surface area contributed by atoms with Gasteiger partial charge in [0.15, 0.2) is 0 Å². The SMILES string of the molecule is Clc1cc(CCBr)ccc1Oc1ccc(CCBr)cc1Cl. The Kier molecular flexibility index (Phi) is 6.87. The molecule has 5 heteroatoms. The van der Waals surface area contributed by atoms with Crippen molar-refractivity contribution in [2.45, 2.75) is 12.8 Å². The molecule has 1 nitrogen and oxygen atoms in total. The van der Waals surface area contributed by atoms with Crippen LogP contribution >= 0.6 is 55.1 Å². The van der Waals surface area contributed by atoms with Crippen molar-refractivity contribution in [1.29, 1.82) is 0 Å². The number of benzene rings is 2. The fraction of sp³-hybridized carbons (Fsp3) is 0.250. The second kappa shape index (κ2) is 8.42. The molecular weight excluding hydrogens is 439 g/mol. The van der Waals surface area contributed by atoms with Crippen molar-refractivity contribution in [3.8, 4) is 11.5 Å². The molecule has 2 rings (SSSR count). The highest BCUT2D eigenvalue weighted by atomic mass is 79.9. The van der Waals surface area contributed by atoms with Crippen LogP contribution in [0.15, 0.2) is 36.4 Å². The van der Waals surface area contributed by atoms with Crippen molar-refractivity contribution in [3.05, 3.63) is 57.6 Å². The molecule has 0 saturated carbocycles. The highest BCUT2D eigenvalue weighted by molar-refractivity contribution is 9.09. The van der Waals surface area contributed by atoms with Gasteiger partial charge in [0.25, 0.3) is 0 Å². The lowest BCUT2D eigenvalue weighted by atomic mass is 10.1. The van der Waals surface area contributed by atoms with Gasteiger partial charge in [0.2, 0.25) is 0 Å². The van der Waals surface area contributed by atoms with E-state index in [0.29, 0.717) is 21.5 Å². The fourth-order valence-electron chi connectivity index (χ4n) is 1.90. The van der Waals surface area contributed by atoms with Crippen molar-refractivity contribution < 1.29 is 4.74 Å². The summed E-state index contributed by atoms with van der Waals surface area (Å²) < 4.78 is 5.82. The first-order valence-electron chi connectivity index (χ1n) is 6.50. The van der Waals surface area contributed by atoms with Crippen LogP contribution in [0.25, 0.3) is 0 Å². The second-order valence-corrected chi connectivity index (χ2v) is 6.91. The van der Waals surface area contributed by atoms with Crippen LogP contribution in [0.4, 0.5) is 0 Å². The number of hydrogen-bond acceptors (Lipinski definition) is 1. The van der Waals surface area contributed by atoms with Crippen LogP contribution in [0.2, 0.25) is 10.0 Å². The topological polar surface area (TPSA) is 9.23 Å². The summed E-state index contributed by atoms with van der Waals surface area (Å²) in [6.07, 6.45) is 1.87. The molecule has 0 saturated heterocycles. The molecule has 2 aromatic carbocycles. The van der Waals surface area contributed by atoms with E-state index in [1.165, 1.54) is 11.1 Å². The van der Waals surface area contributed by atoms with Gasteiger partial charge in [-0.3, -0.25) is 0 Å². The van der Waals surface area contributed by atoms with Crippen molar-refractivity contribution in [1.82, 2.24) is 0 Å². The highest BCUT2D eigenvalue weighted by Crippen LogP contribution is 2.34. The Hall–Kier alpha value is -0.220. The first-order chi connectivity index (χ1) is 10.1. The predicted octanol–water partition coefficient (Wildman–Crippen LogP) is 6.66. The molecule has 21 heavy (non-hydrogen) atoms. The molecule has 0 fully saturated rings. The number of alkyl halides is 2. The maximum Gasteiger partial charge on any atom is 0.146 e. The van der Waals surface area contributed by atoms with E-state index in [4.69, 9.17) is 27.9 Å². The summed E-state index contributed by atoms with van der Waals surface area (Å²) in [6.45, 7) is 0. The Balaban J connectivity index is 2.18. The number of halogens is 4. The standard InChI is InChI=1S/C16H14Br2Cl2O/c17-7-5-11-1-3-15(13(19)9-11)21-16-4-2-12(6-8-18)10-14(16)20/h1-4,9-10H,5-8H2. The monoisotopic (exact) mass is 450 g/mol. The molecule has 112 valence electrons. The first kappa shape index (κ1) is 17.1. The van der Waals surface area contributed by atoms with Crippen molar-refractivity contribution in [2.24, 2.45) is 0 Å². The van der Waals surface area contributed by atoms with Gasteiger partial charge >= 0.3 is 0 Å². The van der Waals surface area contributed by atoms with Crippen LogP contribution in [0, 0.1) is 0 Å². The predicted molar refractivity (Wildman–Crippen MR) is 98.0 cm³/mol. The molecule has 2 aromatic rings. The normalized spacial score (nSPS) is 10.7. The molecule has 0 aromatic heterocycles. The minimum Gasteiger partial charge on any atom is -0.454 e. The molecule has 0 aliphatic heterocycles. The molecule has 0 amide bonds. The van der Waals surface area contributed by atoms with Crippen molar-refractivity contribution >= 4 is 55.1 Å². The number of aryl methyl sites for hydroxylation is 2. The molecular formula is C16H14Br2Cl2O. The Labute approximate surface area is 151 Å². The smallest absolute Gasteiger partial charge is 0.146 e. The van der Waals surface area contributed by atoms with E-state index in [1.54, 1.807) is 0 Å². The van der Waals surface area contributed by atoms with Crippen LogP contribution in [0.3, 0.4) is 0 Å². The zero-order chi connectivity index (χ0) is 15.2. The van der Waals surface area contributed by atoms with Gasteiger partial charge in [-0.2, -0.15) is 0 Å². The van der Waals surface area contributed by atoms with Crippen LogP contribution in [0.5, 0.6) is 11.5 Å². The maximum absolute atomic E-state index is 6.26. The quantitative estimate of drug-likeness (QED) is 0.445. The molecule has 0 bridgehead atoms. The Morgan fingerprint density at radius 3 is 1.52 bits per heavy atom. The van der Waals surface area contributed by atoms with E-state index in [9.17, 15) is 0 Å². The third-order valence-corrected chi connectivity index (χ3v) is 4.36. The zero-order valence-corrected chi connectivity index (χ0v) is 15.9. The summed E-state index contributed by atoms with van der Waals surface area (Å²) in [7, 11) is 0. The van der Waals surface area contributed by atoms with Gasteiger partial charge in [0.05, 0.1) is 10.0 Å². The molecule has 0 heterocycles. The molecule has 0 spiro atoms. The highest BCUT2D eigenvalue weighted by Gasteiger charge is 2.08. The van der Waals surface area contributed by atoms with E-state index >= 15 is 0 Å². The van der Waals surface area contributed by atoms with Gasteiger partial charge < -0.3 is 4.74 Å². The summed E-state index contributed by atoms with van der Waals surface area (Å²) >= 11 is 19.4. The average Bonchev–Trinajstić information content (AvgIpc) is 2.45. The van der Waals surface area contributed by atoms with Gasteiger partial charge in [0.1, 0.15) is 11.5 Å². The Morgan fingerprint density at radius 2 is 1.19 bits per heavy atom. The van der Waals surface area contributed by atoms with Gasteiger partial charge in [-0.25, -0.2) is 0 Å². The van der Waals surface area contributed by atoms with Gasteiger partial charge in [0, 0.05) is 10.7 Å².